The number of aryl methyl sites for hydroxylation is 1. The van der Waals surface area contributed by atoms with Gasteiger partial charge in [-0.25, -0.2) is 65.9 Å². The van der Waals surface area contributed by atoms with Crippen molar-refractivity contribution in [3.63, 3.8) is 0 Å². The number of hydrogen-bond acceptors (Lipinski definition) is 0. The van der Waals surface area contributed by atoms with E-state index in [0.29, 0.717) is 24.3 Å². The minimum Gasteiger partial charge on any atom is -0.203 e. The molecule has 0 spiro atoms. The Hall–Kier alpha value is -4.95. The highest BCUT2D eigenvalue weighted by molar-refractivity contribution is 5.84. The Kier molecular flexibility index (Phi) is 8.07. The molecule has 0 N–H and O–H groups in total. The summed E-state index contributed by atoms with van der Waals surface area (Å²) in [5.74, 6) is -36.7. The predicted octanol–water partition coefficient (Wildman–Crippen LogP) is 10.7. The molecule has 46 heavy (non-hydrogen) atoms. The molecule has 5 rings (SSSR count). The lowest BCUT2D eigenvalue weighted by atomic mass is 9.90. The van der Waals surface area contributed by atoms with Crippen molar-refractivity contribution in [2.24, 2.45) is 0 Å². The van der Waals surface area contributed by atoms with Gasteiger partial charge in [0.1, 0.15) is 0 Å². The van der Waals surface area contributed by atoms with Crippen LogP contribution in [0, 0.1) is 94.2 Å². The van der Waals surface area contributed by atoms with Crippen LogP contribution in [-0.2, 0) is 0 Å². The molecule has 0 saturated heterocycles. The molecule has 0 aromatic heterocycles. The van der Waals surface area contributed by atoms with Crippen LogP contribution in [0.3, 0.4) is 0 Å². The van der Waals surface area contributed by atoms with Gasteiger partial charge in [-0.1, -0.05) is 12.1 Å². The summed E-state index contributed by atoms with van der Waals surface area (Å²) >= 11 is 0. The molecule has 0 unspecified atom stereocenters. The average Bonchev–Trinajstić information content (AvgIpc) is 3.02. The third-order valence-electron chi connectivity index (χ3n) is 6.84. The lowest BCUT2D eigenvalue weighted by Gasteiger charge is -2.16. The van der Waals surface area contributed by atoms with Crippen molar-refractivity contribution in [3.8, 4) is 44.5 Å². The van der Waals surface area contributed by atoms with Gasteiger partial charge in [0.15, 0.2) is 69.8 Å². The van der Waals surface area contributed by atoms with Gasteiger partial charge in [-0.05, 0) is 64.6 Å². The molecular formula is C31H9F15. The number of halogens is 15. The van der Waals surface area contributed by atoms with Crippen molar-refractivity contribution in [3.05, 3.63) is 129 Å². The summed E-state index contributed by atoms with van der Waals surface area (Å²) in [7, 11) is 0. The fourth-order valence-electron chi connectivity index (χ4n) is 4.75. The van der Waals surface area contributed by atoms with Crippen LogP contribution in [0.25, 0.3) is 44.5 Å². The van der Waals surface area contributed by atoms with Crippen molar-refractivity contribution >= 4 is 0 Å². The Bertz CT molecular complexity index is 1940. The fourth-order valence-corrected chi connectivity index (χ4v) is 4.75. The minimum atomic E-state index is -2.60. The predicted molar refractivity (Wildman–Crippen MR) is 132 cm³/mol. The van der Waals surface area contributed by atoms with Gasteiger partial charge in [0.05, 0.1) is 16.7 Å². The summed E-state index contributed by atoms with van der Waals surface area (Å²) in [6.07, 6.45) is 0. The van der Waals surface area contributed by atoms with Crippen LogP contribution >= 0.6 is 0 Å². The van der Waals surface area contributed by atoms with E-state index in [-0.39, 0.29) is 5.56 Å². The molecular weight excluding hydrogens is 657 g/mol. The average molecular weight is 666 g/mol. The normalized spacial score (nSPS) is 11.5. The van der Waals surface area contributed by atoms with Crippen LogP contribution in [0.4, 0.5) is 65.9 Å². The first kappa shape index (κ1) is 32.4. The molecule has 0 radical (unpaired) electrons. The molecule has 15 heteroatoms. The van der Waals surface area contributed by atoms with Gasteiger partial charge < -0.3 is 0 Å². The van der Waals surface area contributed by atoms with E-state index in [1.807, 2.05) is 0 Å². The van der Waals surface area contributed by atoms with E-state index >= 15 is 0 Å². The molecule has 0 fully saturated rings. The van der Waals surface area contributed by atoms with Crippen LogP contribution in [-0.4, -0.2) is 0 Å². The molecule has 238 valence electrons. The van der Waals surface area contributed by atoms with Crippen molar-refractivity contribution < 1.29 is 65.9 Å². The third kappa shape index (κ3) is 4.93. The summed E-state index contributed by atoms with van der Waals surface area (Å²) in [5.41, 5.74) is -8.77. The minimum absolute atomic E-state index is 0.0177. The maximum absolute atomic E-state index is 14.8. The molecule has 0 saturated carbocycles. The molecule has 5 aromatic carbocycles. The quantitative estimate of drug-likeness (QED) is 0.102. The number of hydrogen-bond donors (Lipinski definition) is 0. The zero-order valence-electron chi connectivity index (χ0n) is 22.1. The van der Waals surface area contributed by atoms with Crippen LogP contribution in [0.5, 0.6) is 0 Å². The van der Waals surface area contributed by atoms with Gasteiger partial charge in [-0.15, -0.1) is 0 Å². The number of rotatable bonds is 4. The maximum Gasteiger partial charge on any atom is 0.200 e. The molecule has 0 aliphatic carbocycles. The monoisotopic (exact) mass is 666 g/mol. The van der Waals surface area contributed by atoms with Crippen LogP contribution in [0.2, 0.25) is 0 Å². The summed E-state index contributed by atoms with van der Waals surface area (Å²) in [6.45, 7) is 1.22. The van der Waals surface area contributed by atoms with Crippen molar-refractivity contribution in [1.82, 2.24) is 0 Å². The molecule has 0 aliphatic rings. The first-order valence-electron chi connectivity index (χ1n) is 12.3. The first-order valence-corrected chi connectivity index (χ1v) is 12.3. The summed E-state index contributed by atoms with van der Waals surface area (Å²) < 4.78 is 214. The van der Waals surface area contributed by atoms with E-state index in [4.69, 9.17) is 0 Å². The first-order chi connectivity index (χ1) is 21.5. The van der Waals surface area contributed by atoms with Gasteiger partial charge in [-0.3, -0.25) is 0 Å². The van der Waals surface area contributed by atoms with E-state index in [9.17, 15) is 65.9 Å². The smallest absolute Gasteiger partial charge is 0.200 e. The molecule has 5 aromatic rings. The Morgan fingerprint density at radius 2 is 0.413 bits per heavy atom. The van der Waals surface area contributed by atoms with Gasteiger partial charge in [0, 0.05) is 0 Å². The third-order valence-corrected chi connectivity index (χ3v) is 6.84. The van der Waals surface area contributed by atoms with Crippen LogP contribution in [0.1, 0.15) is 5.56 Å². The van der Waals surface area contributed by atoms with Crippen molar-refractivity contribution in [2.75, 3.05) is 0 Å². The zero-order valence-corrected chi connectivity index (χ0v) is 22.1. The van der Waals surface area contributed by atoms with E-state index in [0.717, 1.165) is 12.1 Å². The van der Waals surface area contributed by atoms with Crippen molar-refractivity contribution in [2.45, 2.75) is 6.92 Å². The van der Waals surface area contributed by atoms with E-state index in [2.05, 4.69) is 0 Å². The van der Waals surface area contributed by atoms with Gasteiger partial charge in [0.2, 0.25) is 17.5 Å². The molecule has 0 bridgehead atoms. The summed E-state index contributed by atoms with van der Waals surface area (Å²) in [5, 5.41) is 0. The van der Waals surface area contributed by atoms with Gasteiger partial charge in [0.25, 0.3) is 0 Å². The highest BCUT2D eigenvalue weighted by Crippen LogP contribution is 2.41. The van der Waals surface area contributed by atoms with Gasteiger partial charge in [-0.2, -0.15) is 0 Å². The van der Waals surface area contributed by atoms with Crippen LogP contribution in [0.15, 0.2) is 36.4 Å². The molecule has 0 aliphatic heterocycles. The topological polar surface area (TPSA) is 0 Å². The molecule has 0 atom stereocenters. The number of benzene rings is 5. The lowest BCUT2D eigenvalue weighted by molar-refractivity contribution is 0.381. The van der Waals surface area contributed by atoms with E-state index in [1.54, 1.807) is 0 Å². The standard InChI is InChI=1S/C31H9F15/c1-8-2-9(4-11(3-8)14-17(32)23(38)29(44)24(39)18(14)33)10-5-12(15-19(34)25(40)30(45)26(41)20(15)35)7-13(6-10)16-21(36)27(42)31(46)28(43)22(16)37/h2-7H,1H3. The SMILES string of the molecule is Cc1cc(-c2cc(-c3c(F)c(F)c(F)c(F)c3F)cc(-c3c(F)c(F)c(F)c(F)c3F)c2)cc(-c2c(F)c(F)c(F)c(F)c2F)c1. The van der Waals surface area contributed by atoms with Crippen molar-refractivity contribution in [1.29, 1.82) is 0 Å². The summed E-state index contributed by atoms with van der Waals surface area (Å²) in [6, 6.07) is 4.28. The fraction of sp³-hybridized carbons (Fsp3) is 0.0323. The Labute approximate surface area is 247 Å². The molecule has 0 amide bonds. The largest absolute Gasteiger partial charge is 0.203 e. The molecule has 0 heterocycles. The second-order valence-electron chi connectivity index (χ2n) is 9.72. The highest BCUT2D eigenvalue weighted by Gasteiger charge is 2.31. The lowest BCUT2D eigenvalue weighted by Crippen LogP contribution is -2.06. The van der Waals surface area contributed by atoms with E-state index < -0.39 is 132 Å². The van der Waals surface area contributed by atoms with Gasteiger partial charge >= 0.3 is 0 Å². The highest BCUT2D eigenvalue weighted by atomic mass is 19.2. The van der Waals surface area contributed by atoms with Crippen LogP contribution < -0.4 is 0 Å². The Balaban J connectivity index is 1.89. The summed E-state index contributed by atoms with van der Waals surface area (Å²) in [4.78, 5) is 0. The zero-order chi connectivity index (χ0) is 34.1. The second kappa shape index (κ2) is 11.4. The second-order valence-corrected chi connectivity index (χ2v) is 9.72. The molecule has 0 nitrogen and oxygen atoms in total. The maximum atomic E-state index is 14.8. The Morgan fingerprint density at radius 1 is 0.239 bits per heavy atom. The van der Waals surface area contributed by atoms with E-state index in [1.165, 1.54) is 6.92 Å². The Morgan fingerprint density at radius 3 is 0.696 bits per heavy atom.